The fraction of sp³-hybridized carbons (Fsp3) is 1.00. The van der Waals surface area contributed by atoms with Gasteiger partial charge in [0.1, 0.15) is 0 Å². The van der Waals surface area contributed by atoms with Gasteiger partial charge in [-0.3, -0.25) is 4.90 Å². The summed E-state index contributed by atoms with van der Waals surface area (Å²) < 4.78 is 0. The monoisotopic (exact) mass is 254 g/mol. The van der Waals surface area contributed by atoms with Crippen molar-refractivity contribution in [1.82, 2.24) is 4.90 Å². The zero-order valence-electron chi connectivity index (χ0n) is 12.7. The smallest absolute Gasteiger partial charge is 0.0328 e. The Bertz CT molecular complexity index is 197. The minimum absolute atomic E-state index is 0.349. The van der Waals surface area contributed by atoms with Crippen molar-refractivity contribution in [3.05, 3.63) is 0 Å². The normalized spacial score (nSPS) is 18.7. The lowest BCUT2D eigenvalue weighted by molar-refractivity contribution is 0.129. The average molecular weight is 254 g/mol. The zero-order chi connectivity index (χ0) is 13.3. The Labute approximate surface area is 114 Å². The maximum atomic E-state index is 6.01. The molecule has 0 unspecified atom stereocenters. The molecule has 0 aromatic rings. The summed E-state index contributed by atoms with van der Waals surface area (Å²) in [5, 5.41) is 0. The molecule has 2 nitrogen and oxygen atoms in total. The fourth-order valence-electron chi connectivity index (χ4n) is 3.32. The number of nitrogens with zero attached hydrogens (tertiary/aromatic N) is 1. The summed E-state index contributed by atoms with van der Waals surface area (Å²) in [6.07, 6.45) is 15.2. The van der Waals surface area contributed by atoms with Gasteiger partial charge in [-0.1, -0.05) is 58.3 Å². The van der Waals surface area contributed by atoms with Crippen LogP contribution in [0, 0.1) is 0 Å². The molecular formula is C16H34N2. The molecule has 2 N–H and O–H groups in total. The minimum atomic E-state index is 0.349. The Morgan fingerprint density at radius 2 is 1.50 bits per heavy atom. The highest BCUT2D eigenvalue weighted by molar-refractivity contribution is 4.94. The first-order valence-corrected chi connectivity index (χ1v) is 8.16. The van der Waals surface area contributed by atoms with Crippen LogP contribution in [0.15, 0.2) is 0 Å². The van der Waals surface area contributed by atoms with E-state index in [4.69, 9.17) is 5.73 Å². The maximum absolute atomic E-state index is 6.01. The third-order valence-electron chi connectivity index (χ3n) is 4.82. The largest absolute Gasteiger partial charge is 0.329 e. The van der Waals surface area contributed by atoms with E-state index in [-0.39, 0.29) is 0 Å². The first-order chi connectivity index (χ1) is 8.75. The topological polar surface area (TPSA) is 29.3 Å². The summed E-state index contributed by atoms with van der Waals surface area (Å²) in [5.41, 5.74) is 6.36. The standard InChI is InChI=1S/C16H34N2/c1-3-4-5-6-7-8-11-14-18(2)16(15-17)12-9-10-13-16/h3-15,17H2,1-2H3. The average Bonchev–Trinajstić information content (AvgIpc) is 2.87. The summed E-state index contributed by atoms with van der Waals surface area (Å²) in [4.78, 5) is 2.56. The van der Waals surface area contributed by atoms with Crippen LogP contribution in [-0.2, 0) is 0 Å². The van der Waals surface area contributed by atoms with Crippen LogP contribution in [-0.4, -0.2) is 30.6 Å². The van der Waals surface area contributed by atoms with Crippen molar-refractivity contribution in [2.24, 2.45) is 5.73 Å². The molecule has 1 saturated carbocycles. The highest BCUT2D eigenvalue weighted by Gasteiger charge is 2.35. The summed E-state index contributed by atoms with van der Waals surface area (Å²) >= 11 is 0. The molecule has 108 valence electrons. The van der Waals surface area contributed by atoms with Crippen molar-refractivity contribution in [2.45, 2.75) is 83.1 Å². The van der Waals surface area contributed by atoms with Crippen LogP contribution in [0.3, 0.4) is 0 Å². The van der Waals surface area contributed by atoms with E-state index >= 15 is 0 Å². The SMILES string of the molecule is CCCCCCCCCN(C)C1(CN)CCCC1. The number of hydrogen-bond acceptors (Lipinski definition) is 2. The van der Waals surface area contributed by atoms with Crippen LogP contribution in [0.2, 0.25) is 0 Å². The van der Waals surface area contributed by atoms with E-state index in [2.05, 4.69) is 18.9 Å². The van der Waals surface area contributed by atoms with Crippen molar-refractivity contribution in [3.63, 3.8) is 0 Å². The summed E-state index contributed by atoms with van der Waals surface area (Å²) in [5.74, 6) is 0. The molecule has 0 heterocycles. The second kappa shape index (κ2) is 8.92. The van der Waals surface area contributed by atoms with E-state index in [1.807, 2.05) is 0 Å². The molecule has 1 rings (SSSR count). The van der Waals surface area contributed by atoms with Gasteiger partial charge in [0.15, 0.2) is 0 Å². The lowest BCUT2D eigenvalue weighted by Crippen LogP contribution is -2.50. The predicted molar refractivity (Wildman–Crippen MR) is 80.9 cm³/mol. The van der Waals surface area contributed by atoms with Crippen molar-refractivity contribution in [3.8, 4) is 0 Å². The van der Waals surface area contributed by atoms with E-state index in [0.717, 1.165) is 6.54 Å². The molecular weight excluding hydrogens is 220 g/mol. The predicted octanol–water partition coefficient (Wildman–Crippen LogP) is 3.94. The third-order valence-corrected chi connectivity index (χ3v) is 4.82. The van der Waals surface area contributed by atoms with Gasteiger partial charge in [-0.15, -0.1) is 0 Å². The molecule has 0 aromatic heterocycles. The Morgan fingerprint density at radius 3 is 2.06 bits per heavy atom. The second-order valence-corrected chi connectivity index (χ2v) is 6.18. The minimum Gasteiger partial charge on any atom is -0.329 e. The first kappa shape index (κ1) is 16.0. The van der Waals surface area contributed by atoms with E-state index < -0.39 is 0 Å². The fourth-order valence-corrected chi connectivity index (χ4v) is 3.32. The molecule has 1 aliphatic rings. The summed E-state index contributed by atoms with van der Waals surface area (Å²) in [7, 11) is 2.29. The van der Waals surface area contributed by atoms with Gasteiger partial charge >= 0.3 is 0 Å². The number of rotatable bonds is 10. The maximum Gasteiger partial charge on any atom is 0.0328 e. The van der Waals surface area contributed by atoms with Crippen LogP contribution < -0.4 is 5.73 Å². The Balaban J connectivity index is 2.07. The van der Waals surface area contributed by atoms with Gasteiger partial charge in [-0.05, 0) is 32.9 Å². The van der Waals surface area contributed by atoms with Gasteiger partial charge in [-0.2, -0.15) is 0 Å². The second-order valence-electron chi connectivity index (χ2n) is 6.18. The summed E-state index contributed by atoms with van der Waals surface area (Å²) in [6.45, 7) is 4.37. The Morgan fingerprint density at radius 1 is 0.944 bits per heavy atom. The quantitative estimate of drug-likeness (QED) is 0.598. The van der Waals surface area contributed by atoms with Crippen molar-refractivity contribution < 1.29 is 0 Å². The molecule has 1 fully saturated rings. The number of hydrogen-bond donors (Lipinski definition) is 1. The van der Waals surface area contributed by atoms with Crippen molar-refractivity contribution in [2.75, 3.05) is 20.1 Å². The lowest BCUT2D eigenvalue weighted by Gasteiger charge is -2.38. The van der Waals surface area contributed by atoms with Crippen molar-refractivity contribution >= 4 is 0 Å². The number of likely N-dealkylation sites (N-methyl/N-ethyl adjacent to an activating group) is 1. The molecule has 0 aliphatic heterocycles. The van der Waals surface area contributed by atoms with Crippen LogP contribution in [0.25, 0.3) is 0 Å². The molecule has 0 saturated heterocycles. The molecule has 1 aliphatic carbocycles. The molecule has 0 bridgehead atoms. The Hall–Kier alpha value is -0.0800. The highest BCUT2D eigenvalue weighted by atomic mass is 15.2. The Kier molecular flexibility index (Phi) is 7.92. The third kappa shape index (κ3) is 4.89. The van der Waals surface area contributed by atoms with Gasteiger partial charge in [-0.25, -0.2) is 0 Å². The molecule has 0 atom stereocenters. The van der Waals surface area contributed by atoms with E-state index in [9.17, 15) is 0 Å². The number of unbranched alkanes of at least 4 members (excludes halogenated alkanes) is 6. The molecule has 0 aromatic carbocycles. The van der Waals surface area contributed by atoms with E-state index in [1.54, 1.807) is 0 Å². The van der Waals surface area contributed by atoms with Crippen LogP contribution in [0.1, 0.15) is 77.6 Å². The van der Waals surface area contributed by atoms with Gasteiger partial charge in [0.05, 0.1) is 0 Å². The first-order valence-electron chi connectivity index (χ1n) is 8.16. The molecule has 18 heavy (non-hydrogen) atoms. The van der Waals surface area contributed by atoms with Crippen LogP contribution in [0.5, 0.6) is 0 Å². The van der Waals surface area contributed by atoms with Crippen LogP contribution in [0.4, 0.5) is 0 Å². The zero-order valence-corrected chi connectivity index (χ0v) is 12.7. The van der Waals surface area contributed by atoms with Gasteiger partial charge in [0.25, 0.3) is 0 Å². The van der Waals surface area contributed by atoms with E-state index in [1.165, 1.54) is 77.2 Å². The van der Waals surface area contributed by atoms with E-state index in [0.29, 0.717) is 5.54 Å². The van der Waals surface area contributed by atoms with Crippen molar-refractivity contribution in [1.29, 1.82) is 0 Å². The molecule has 2 heteroatoms. The summed E-state index contributed by atoms with van der Waals surface area (Å²) in [6, 6.07) is 0. The van der Waals surface area contributed by atoms with Crippen LogP contribution >= 0.6 is 0 Å². The molecule has 0 radical (unpaired) electrons. The lowest BCUT2D eigenvalue weighted by atomic mass is 9.95. The molecule has 0 amide bonds. The van der Waals surface area contributed by atoms with Gasteiger partial charge in [0, 0.05) is 12.1 Å². The van der Waals surface area contributed by atoms with Gasteiger partial charge < -0.3 is 5.73 Å². The van der Waals surface area contributed by atoms with Gasteiger partial charge in [0.2, 0.25) is 0 Å². The molecule has 0 spiro atoms. The number of nitrogens with two attached hydrogens (primary N) is 1. The highest BCUT2D eigenvalue weighted by Crippen LogP contribution is 2.33.